The molecule has 5 heterocycles. The topological polar surface area (TPSA) is 105 Å². The van der Waals surface area contributed by atoms with E-state index in [-0.39, 0.29) is 0 Å². The standard InChI is InChI=1S/C16H19ClN8O/c17-12-5-19-14-13(12)15(21-9-1-2-18-3-9)24-16(23-14)22-10-4-20-25(6-10)11-7-26-8-11/h4-6,9,11,18H,1-3,7-8H2,(H3,19,21,22,23,24)/t9-/m1/s1. The first kappa shape index (κ1) is 15.9. The minimum Gasteiger partial charge on any atom is -0.377 e. The fourth-order valence-corrected chi connectivity index (χ4v) is 3.47. The molecule has 0 aromatic carbocycles. The zero-order valence-electron chi connectivity index (χ0n) is 14.0. The predicted molar refractivity (Wildman–Crippen MR) is 99.2 cm³/mol. The van der Waals surface area contributed by atoms with E-state index in [0.717, 1.165) is 36.4 Å². The average molecular weight is 375 g/mol. The zero-order valence-corrected chi connectivity index (χ0v) is 14.8. The van der Waals surface area contributed by atoms with Crippen LogP contribution in [0.1, 0.15) is 12.5 Å². The second-order valence-corrected chi connectivity index (χ2v) is 7.02. The van der Waals surface area contributed by atoms with Crippen LogP contribution in [0.4, 0.5) is 17.5 Å². The highest BCUT2D eigenvalue weighted by atomic mass is 35.5. The van der Waals surface area contributed by atoms with Gasteiger partial charge < -0.3 is 25.7 Å². The number of H-pyrrole nitrogens is 1. The maximum Gasteiger partial charge on any atom is 0.231 e. The second kappa shape index (κ2) is 6.42. The van der Waals surface area contributed by atoms with Gasteiger partial charge in [-0.1, -0.05) is 11.6 Å². The van der Waals surface area contributed by atoms with E-state index in [4.69, 9.17) is 16.3 Å². The SMILES string of the molecule is Clc1c[nH]c2nc(Nc3cnn(C4COC4)c3)nc(N[C@@H]3CCNC3)c12. The van der Waals surface area contributed by atoms with Crippen LogP contribution in [-0.4, -0.2) is 57.1 Å². The first-order valence-electron chi connectivity index (χ1n) is 8.67. The van der Waals surface area contributed by atoms with Gasteiger partial charge in [-0.3, -0.25) is 4.68 Å². The minimum atomic E-state index is 0.309. The number of fused-ring (bicyclic) bond motifs is 1. The molecule has 3 aromatic heterocycles. The Morgan fingerprint density at radius 3 is 3.00 bits per heavy atom. The molecule has 2 saturated heterocycles. The van der Waals surface area contributed by atoms with Crippen LogP contribution in [0.5, 0.6) is 0 Å². The first-order valence-corrected chi connectivity index (χ1v) is 9.05. The molecule has 0 bridgehead atoms. The van der Waals surface area contributed by atoms with Crippen LogP contribution in [-0.2, 0) is 4.74 Å². The molecule has 0 amide bonds. The van der Waals surface area contributed by atoms with Gasteiger partial charge >= 0.3 is 0 Å². The Kier molecular flexibility index (Phi) is 3.92. The van der Waals surface area contributed by atoms with Gasteiger partial charge in [0.1, 0.15) is 11.5 Å². The number of nitrogens with zero attached hydrogens (tertiary/aromatic N) is 4. The van der Waals surface area contributed by atoms with Crippen LogP contribution in [0.2, 0.25) is 5.02 Å². The van der Waals surface area contributed by atoms with Crippen molar-refractivity contribution in [2.75, 3.05) is 36.9 Å². The van der Waals surface area contributed by atoms with Crippen molar-refractivity contribution in [3.05, 3.63) is 23.6 Å². The van der Waals surface area contributed by atoms with Crippen molar-refractivity contribution < 1.29 is 4.74 Å². The van der Waals surface area contributed by atoms with E-state index in [1.54, 1.807) is 12.4 Å². The highest BCUT2D eigenvalue weighted by Gasteiger charge is 2.22. The molecule has 3 aromatic rings. The molecule has 0 saturated carbocycles. The summed E-state index contributed by atoms with van der Waals surface area (Å²) in [6.45, 7) is 3.32. The van der Waals surface area contributed by atoms with Crippen LogP contribution in [0, 0.1) is 0 Å². The number of nitrogens with one attached hydrogen (secondary N) is 4. The molecule has 0 unspecified atom stereocenters. The first-order chi connectivity index (χ1) is 12.8. The lowest BCUT2D eigenvalue weighted by Gasteiger charge is -2.25. The summed E-state index contributed by atoms with van der Waals surface area (Å²) < 4.78 is 7.11. The summed E-state index contributed by atoms with van der Waals surface area (Å²) in [6.07, 6.45) is 6.49. The molecule has 136 valence electrons. The molecule has 0 radical (unpaired) electrons. The fraction of sp³-hybridized carbons (Fsp3) is 0.438. The quantitative estimate of drug-likeness (QED) is 0.540. The van der Waals surface area contributed by atoms with Crippen molar-refractivity contribution >= 4 is 40.1 Å². The molecule has 2 aliphatic heterocycles. The lowest BCUT2D eigenvalue weighted by Crippen LogP contribution is -2.30. The van der Waals surface area contributed by atoms with Gasteiger partial charge in [0.05, 0.1) is 41.5 Å². The lowest BCUT2D eigenvalue weighted by molar-refractivity contribution is -0.0286. The highest BCUT2D eigenvalue weighted by molar-refractivity contribution is 6.36. The van der Waals surface area contributed by atoms with Gasteiger partial charge in [-0.15, -0.1) is 0 Å². The van der Waals surface area contributed by atoms with E-state index >= 15 is 0 Å². The van der Waals surface area contributed by atoms with Gasteiger partial charge in [-0.2, -0.15) is 15.1 Å². The van der Waals surface area contributed by atoms with E-state index in [1.807, 2.05) is 10.9 Å². The van der Waals surface area contributed by atoms with E-state index in [0.29, 0.717) is 41.9 Å². The molecule has 26 heavy (non-hydrogen) atoms. The summed E-state index contributed by atoms with van der Waals surface area (Å²) in [5.74, 6) is 1.23. The van der Waals surface area contributed by atoms with E-state index < -0.39 is 0 Å². The summed E-state index contributed by atoms with van der Waals surface area (Å²) in [7, 11) is 0. The molecule has 1 atom stereocenters. The maximum absolute atomic E-state index is 6.32. The Labute approximate surface area is 154 Å². The fourth-order valence-electron chi connectivity index (χ4n) is 3.23. The molecule has 2 fully saturated rings. The molecule has 2 aliphatic rings. The number of halogens is 1. The molecule has 4 N–H and O–H groups in total. The number of hydrogen-bond acceptors (Lipinski definition) is 7. The number of anilines is 3. The van der Waals surface area contributed by atoms with Gasteiger partial charge in [-0.25, -0.2) is 0 Å². The van der Waals surface area contributed by atoms with Crippen molar-refractivity contribution in [3.63, 3.8) is 0 Å². The van der Waals surface area contributed by atoms with Crippen LogP contribution in [0.25, 0.3) is 11.0 Å². The summed E-state index contributed by atoms with van der Waals surface area (Å²) in [5.41, 5.74) is 1.53. The largest absolute Gasteiger partial charge is 0.377 e. The van der Waals surface area contributed by atoms with Crippen LogP contribution < -0.4 is 16.0 Å². The number of aromatic nitrogens is 5. The van der Waals surface area contributed by atoms with Gasteiger partial charge in [0.2, 0.25) is 5.95 Å². The molecule has 0 spiro atoms. The van der Waals surface area contributed by atoms with Crippen LogP contribution in [0.15, 0.2) is 18.6 Å². The zero-order chi connectivity index (χ0) is 17.5. The van der Waals surface area contributed by atoms with Crippen LogP contribution in [0.3, 0.4) is 0 Å². The third-order valence-corrected chi connectivity index (χ3v) is 5.03. The third-order valence-electron chi connectivity index (χ3n) is 4.74. The Balaban J connectivity index is 1.44. The average Bonchev–Trinajstić information content (AvgIpc) is 3.29. The van der Waals surface area contributed by atoms with Crippen molar-refractivity contribution in [1.82, 2.24) is 30.0 Å². The molecular weight excluding hydrogens is 356 g/mol. The van der Waals surface area contributed by atoms with Gasteiger partial charge in [0, 0.05) is 25.0 Å². The van der Waals surface area contributed by atoms with Gasteiger partial charge in [0.15, 0.2) is 0 Å². The van der Waals surface area contributed by atoms with Crippen molar-refractivity contribution in [2.45, 2.75) is 18.5 Å². The minimum absolute atomic E-state index is 0.309. The molecule has 0 aliphatic carbocycles. The van der Waals surface area contributed by atoms with Crippen molar-refractivity contribution in [2.24, 2.45) is 0 Å². The van der Waals surface area contributed by atoms with E-state index in [1.165, 1.54) is 0 Å². The highest BCUT2D eigenvalue weighted by Crippen LogP contribution is 2.30. The number of ether oxygens (including phenoxy) is 1. The molecule has 5 rings (SSSR count). The summed E-state index contributed by atoms with van der Waals surface area (Å²) in [5, 5.41) is 15.8. The van der Waals surface area contributed by atoms with Crippen molar-refractivity contribution in [1.29, 1.82) is 0 Å². The van der Waals surface area contributed by atoms with Gasteiger partial charge in [0.25, 0.3) is 0 Å². The Morgan fingerprint density at radius 2 is 2.23 bits per heavy atom. The smallest absolute Gasteiger partial charge is 0.231 e. The Bertz CT molecular complexity index is 928. The number of rotatable bonds is 5. The maximum atomic E-state index is 6.32. The van der Waals surface area contributed by atoms with E-state index in [2.05, 4.69) is 36.0 Å². The number of hydrogen-bond donors (Lipinski definition) is 4. The normalized spacial score (nSPS) is 20.4. The lowest BCUT2D eigenvalue weighted by atomic mass is 10.2. The third kappa shape index (κ3) is 2.87. The predicted octanol–water partition coefficient (Wildman–Crippen LogP) is 1.90. The summed E-state index contributed by atoms with van der Waals surface area (Å²) in [4.78, 5) is 12.3. The molecule has 10 heteroatoms. The van der Waals surface area contributed by atoms with E-state index in [9.17, 15) is 0 Å². The molecule has 9 nitrogen and oxygen atoms in total. The molecular formula is C16H19ClN8O. The van der Waals surface area contributed by atoms with Gasteiger partial charge in [-0.05, 0) is 13.0 Å². The second-order valence-electron chi connectivity index (χ2n) is 6.62. The monoisotopic (exact) mass is 374 g/mol. The van der Waals surface area contributed by atoms with Crippen LogP contribution >= 0.6 is 11.6 Å². The summed E-state index contributed by atoms with van der Waals surface area (Å²) in [6, 6.07) is 0.636. The summed E-state index contributed by atoms with van der Waals surface area (Å²) >= 11 is 6.32. The Hall–Kier alpha value is -2.36. The van der Waals surface area contributed by atoms with Crippen molar-refractivity contribution in [3.8, 4) is 0 Å². The number of aromatic amines is 1. The Morgan fingerprint density at radius 1 is 1.31 bits per heavy atom.